The van der Waals surface area contributed by atoms with E-state index in [0.717, 1.165) is 25.7 Å². The van der Waals surface area contributed by atoms with E-state index >= 15 is 0 Å². The zero-order chi connectivity index (χ0) is 12.9. The van der Waals surface area contributed by atoms with Crippen LogP contribution in [0, 0.1) is 5.92 Å². The van der Waals surface area contributed by atoms with Gasteiger partial charge in [-0.05, 0) is 12.8 Å². The highest BCUT2D eigenvalue weighted by molar-refractivity contribution is 5.81. The van der Waals surface area contributed by atoms with Crippen molar-refractivity contribution >= 4 is 5.78 Å². The predicted molar refractivity (Wildman–Crippen MR) is 75.1 cm³/mol. The van der Waals surface area contributed by atoms with Gasteiger partial charge in [0.2, 0.25) is 0 Å². The van der Waals surface area contributed by atoms with Crippen LogP contribution in [0.25, 0.3) is 0 Å². The second-order valence-corrected chi connectivity index (χ2v) is 5.06. The molecule has 2 nitrogen and oxygen atoms in total. The van der Waals surface area contributed by atoms with Crippen molar-refractivity contribution in [2.24, 2.45) is 11.7 Å². The lowest BCUT2D eigenvalue weighted by atomic mass is 9.94. The third-order valence-electron chi connectivity index (χ3n) is 3.40. The molecule has 0 aromatic carbocycles. The summed E-state index contributed by atoms with van der Waals surface area (Å²) in [4.78, 5) is 11.8. The van der Waals surface area contributed by atoms with Gasteiger partial charge in [-0.2, -0.15) is 0 Å². The molecule has 2 N–H and O–H groups in total. The summed E-state index contributed by atoms with van der Waals surface area (Å²) in [5, 5.41) is 0. The largest absolute Gasteiger partial charge is 0.330 e. The van der Waals surface area contributed by atoms with Crippen molar-refractivity contribution in [3.05, 3.63) is 0 Å². The van der Waals surface area contributed by atoms with E-state index < -0.39 is 0 Å². The molecule has 0 radical (unpaired) electrons. The molecule has 0 heterocycles. The average molecular weight is 241 g/mol. The van der Waals surface area contributed by atoms with Crippen molar-refractivity contribution in [3.8, 4) is 0 Å². The van der Waals surface area contributed by atoms with Crippen LogP contribution >= 0.6 is 0 Å². The Bertz CT molecular complexity index is 180. The quantitative estimate of drug-likeness (QED) is 0.523. The number of rotatable bonds is 12. The molecule has 1 unspecified atom stereocenters. The standard InChI is InChI=1S/C15H31NO/c1-3-5-6-7-8-9-10-12-15(17)14(13-16)11-4-2/h14H,3-13,16H2,1-2H3. The summed E-state index contributed by atoms with van der Waals surface area (Å²) in [6.45, 7) is 4.88. The molecular formula is C15H31NO. The number of unbranched alkanes of at least 4 members (excludes halogenated alkanes) is 6. The predicted octanol–water partition coefficient (Wildman–Crippen LogP) is 4.07. The van der Waals surface area contributed by atoms with Crippen LogP contribution in [0.2, 0.25) is 0 Å². The van der Waals surface area contributed by atoms with Crippen molar-refractivity contribution in [2.75, 3.05) is 6.54 Å². The van der Waals surface area contributed by atoms with Gasteiger partial charge in [-0.3, -0.25) is 4.79 Å². The number of hydrogen-bond acceptors (Lipinski definition) is 2. The number of ketones is 1. The zero-order valence-corrected chi connectivity index (χ0v) is 11.8. The Hall–Kier alpha value is -0.370. The van der Waals surface area contributed by atoms with E-state index in [2.05, 4.69) is 13.8 Å². The molecule has 17 heavy (non-hydrogen) atoms. The number of hydrogen-bond donors (Lipinski definition) is 1. The maximum atomic E-state index is 11.8. The molecule has 0 rings (SSSR count). The maximum Gasteiger partial charge on any atom is 0.137 e. The van der Waals surface area contributed by atoms with E-state index in [-0.39, 0.29) is 5.92 Å². The molecule has 1 atom stereocenters. The Morgan fingerprint density at radius 3 is 2.06 bits per heavy atom. The summed E-state index contributed by atoms with van der Waals surface area (Å²) in [7, 11) is 0. The lowest BCUT2D eigenvalue weighted by Crippen LogP contribution is -2.23. The first kappa shape index (κ1) is 16.6. The second kappa shape index (κ2) is 12.1. The van der Waals surface area contributed by atoms with Gasteiger partial charge in [0, 0.05) is 18.9 Å². The van der Waals surface area contributed by atoms with Crippen LogP contribution in [0.5, 0.6) is 0 Å². The Labute approximate surface area is 107 Å². The summed E-state index contributed by atoms with van der Waals surface area (Å²) >= 11 is 0. The number of carbonyl (C=O) groups excluding carboxylic acids is 1. The fourth-order valence-corrected chi connectivity index (χ4v) is 2.22. The minimum Gasteiger partial charge on any atom is -0.330 e. The van der Waals surface area contributed by atoms with E-state index in [1.54, 1.807) is 0 Å². The molecule has 0 aliphatic carbocycles. The highest BCUT2D eigenvalue weighted by Gasteiger charge is 2.14. The Kier molecular flexibility index (Phi) is 11.8. The minimum absolute atomic E-state index is 0.125. The molecule has 0 bridgehead atoms. The third kappa shape index (κ3) is 9.34. The van der Waals surface area contributed by atoms with Gasteiger partial charge in [-0.15, -0.1) is 0 Å². The maximum absolute atomic E-state index is 11.8. The van der Waals surface area contributed by atoms with E-state index in [0.29, 0.717) is 12.3 Å². The molecule has 0 spiro atoms. The molecule has 0 aromatic heterocycles. The van der Waals surface area contributed by atoms with Gasteiger partial charge < -0.3 is 5.73 Å². The summed E-state index contributed by atoms with van der Waals surface area (Å²) < 4.78 is 0. The average Bonchev–Trinajstić information content (AvgIpc) is 2.34. The number of Topliss-reactive ketones (excluding diaryl/α,β-unsaturated/α-hetero) is 1. The van der Waals surface area contributed by atoms with Crippen molar-refractivity contribution in [3.63, 3.8) is 0 Å². The summed E-state index contributed by atoms with van der Waals surface area (Å²) in [6, 6.07) is 0. The molecule has 0 aliphatic heterocycles. The fraction of sp³-hybridized carbons (Fsp3) is 0.933. The second-order valence-electron chi connectivity index (χ2n) is 5.06. The van der Waals surface area contributed by atoms with E-state index in [1.807, 2.05) is 0 Å². The third-order valence-corrected chi connectivity index (χ3v) is 3.40. The molecule has 0 aromatic rings. The summed E-state index contributed by atoms with van der Waals surface area (Å²) in [5.41, 5.74) is 5.62. The van der Waals surface area contributed by atoms with Gasteiger partial charge in [0.05, 0.1) is 0 Å². The van der Waals surface area contributed by atoms with E-state index in [4.69, 9.17) is 5.73 Å². The van der Waals surface area contributed by atoms with Gasteiger partial charge in [-0.25, -0.2) is 0 Å². The van der Waals surface area contributed by atoms with Gasteiger partial charge in [0.25, 0.3) is 0 Å². The normalized spacial score (nSPS) is 12.6. The number of carbonyl (C=O) groups is 1. The van der Waals surface area contributed by atoms with Crippen LogP contribution in [-0.4, -0.2) is 12.3 Å². The Balaban J connectivity index is 3.43. The lowest BCUT2D eigenvalue weighted by Gasteiger charge is -2.11. The van der Waals surface area contributed by atoms with Crippen molar-refractivity contribution in [1.82, 2.24) is 0 Å². The van der Waals surface area contributed by atoms with Crippen LogP contribution < -0.4 is 5.73 Å². The molecule has 0 saturated heterocycles. The molecule has 0 aliphatic rings. The first-order chi connectivity index (χ1) is 8.26. The van der Waals surface area contributed by atoms with Crippen LogP contribution in [0.3, 0.4) is 0 Å². The van der Waals surface area contributed by atoms with Crippen LogP contribution in [-0.2, 0) is 4.79 Å². The minimum atomic E-state index is 0.125. The molecule has 0 saturated carbocycles. The summed E-state index contributed by atoms with van der Waals surface area (Å²) in [5.74, 6) is 0.517. The smallest absolute Gasteiger partial charge is 0.137 e. The molecular weight excluding hydrogens is 210 g/mol. The van der Waals surface area contributed by atoms with Crippen molar-refractivity contribution in [1.29, 1.82) is 0 Å². The fourth-order valence-electron chi connectivity index (χ4n) is 2.22. The van der Waals surface area contributed by atoms with Gasteiger partial charge >= 0.3 is 0 Å². The van der Waals surface area contributed by atoms with E-state index in [9.17, 15) is 4.79 Å². The molecule has 2 heteroatoms. The van der Waals surface area contributed by atoms with Crippen LogP contribution in [0.4, 0.5) is 0 Å². The monoisotopic (exact) mass is 241 g/mol. The van der Waals surface area contributed by atoms with Crippen molar-refractivity contribution < 1.29 is 4.79 Å². The first-order valence-electron chi connectivity index (χ1n) is 7.49. The van der Waals surface area contributed by atoms with Crippen LogP contribution in [0.1, 0.15) is 78.1 Å². The van der Waals surface area contributed by atoms with Crippen molar-refractivity contribution in [2.45, 2.75) is 78.1 Å². The lowest BCUT2D eigenvalue weighted by molar-refractivity contribution is -0.122. The summed E-state index contributed by atoms with van der Waals surface area (Å²) in [6.07, 6.45) is 11.7. The highest BCUT2D eigenvalue weighted by atomic mass is 16.1. The van der Waals surface area contributed by atoms with Gasteiger partial charge in [-0.1, -0.05) is 58.8 Å². The van der Waals surface area contributed by atoms with Gasteiger partial charge in [0.1, 0.15) is 5.78 Å². The Morgan fingerprint density at radius 2 is 1.53 bits per heavy atom. The topological polar surface area (TPSA) is 43.1 Å². The molecule has 0 amide bonds. The first-order valence-corrected chi connectivity index (χ1v) is 7.49. The van der Waals surface area contributed by atoms with Crippen LogP contribution in [0.15, 0.2) is 0 Å². The van der Waals surface area contributed by atoms with E-state index in [1.165, 1.54) is 38.5 Å². The van der Waals surface area contributed by atoms with Gasteiger partial charge in [0.15, 0.2) is 0 Å². The number of nitrogens with two attached hydrogens (primary N) is 1. The molecule has 0 fully saturated rings. The Morgan fingerprint density at radius 1 is 0.941 bits per heavy atom. The zero-order valence-electron chi connectivity index (χ0n) is 11.8. The highest BCUT2D eigenvalue weighted by Crippen LogP contribution is 2.13. The SMILES string of the molecule is CCCCCCCCCC(=O)C(CN)CCC. The molecule has 102 valence electrons.